The standard InChI is InChI=1S/C11H11FN2OS/c1-7-10(15)14(11(16)13-7)6-8-2-4-9(12)5-3-8/h2-5,7H,6H2,1H3,(H,13,16). The van der Waals surface area contributed by atoms with Gasteiger partial charge in [-0.3, -0.25) is 9.69 Å². The maximum atomic E-state index is 12.7. The Morgan fingerprint density at radius 2 is 2.06 bits per heavy atom. The van der Waals surface area contributed by atoms with Crippen LogP contribution in [0.25, 0.3) is 0 Å². The van der Waals surface area contributed by atoms with Gasteiger partial charge in [0.15, 0.2) is 5.11 Å². The minimum atomic E-state index is -0.287. The highest BCUT2D eigenvalue weighted by Gasteiger charge is 2.31. The Balaban J connectivity index is 2.13. The number of hydrogen-bond acceptors (Lipinski definition) is 2. The topological polar surface area (TPSA) is 32.3 Å². The summed E-state index contributed by atoms with van der Waals surface area (Å²) in [6.45, 7) is 2.15. The van der Waals surface area contributed by atoms with Crippen LogP contribution < -0.4 is 5.32 Å². The van der Waals surface area contributed by atoms with Crippen molar-refractivity contribution in [2.75, 3.05) is 0 Å². The lowest BCUT2D eigenvalue weighted by Gasteiger charge is -2.14. The Morgan fingerprint density at radius 1 is 1.44 bits per heavy atom. The Morgan fingerprint density at radius 3 is 2.56 bits per heavy atom. The van der Waals surface area contributed by atoms with Gasteiger partial charge in [-0.1, -0.05) is 12.1 Å². The molecule has 1 saturated heterocycles. The summed E-state index contributed by atoms with van der Waals surface area (Å²) >= 11 is 5.04. The largest absolute Gasteiger partial charge is 0.351 e. The van der Waals surface area contributed by atoms with E-state index in [2.05, 4.69) is 5.32 Å². The van der Waals surface area contributed by atoms with Crippen molar-refractivity contribution in [3.63, 3.8) is 0 Å². The molecule has 3 nitrogen and oxygen atoms in total. The predicted octanol–water partition coefficient (Wildman–Crippen LogP) is 1.43. The van der Waals surface area contributed by atoms with E-state index in [1.807, 2.05) is 0 Å². The highest BCUT2D eigenvalue weighted by Crippen LogP contribution is 2.12. The van der Waals surface area contributed by atoms with Gasteiger partial charge in [-0.2, -0.15) is 0 Å². The lowest BCUT2D eigenvalue weighted by molar-refractivity contribution is -0.127. The number of carbonyl (C=O) groups excluding carboxylic acids is 1. The fraction of sp³-hybridized carbons (Fsp3) is 0.273. The van der Waals surface area contributed by atoms with Gasteiger partial charge in [-0.15, -0.1) is 0 Å². The molecule has 5 heteroatoms. The summed E-state index contributed by atoms with van der Waals surface area (Å²) < 4.78 is 12.7. The van der Waals surface area contributed by atoms with E-state index in [0.29, 0.717) is 11.7 Å². The molecule has 2 rings (SSSR count). The van der Waals surface area contributed by atoms with Gasteiger partial charge in [0.25, 0.3) is 5.91 Å². The number of benzene rings is 1. The Hall–Kier alpha value is -1.49. The molecule has 1 aliphatic heterocycles. The molecule has 1 aliphatic rings. The molecule has 84 valence electrons. The first-order chi connectivity index (χ1) is 7.58. The van der Waals surface area contributed by atoms with Gasteiger partial charge in [0.2, 0.25) is 0 Å². The van der Waals surface area contributed by atoms with E-state index < -0.39 is 0 Å². The summed E-state index contributed by atoms with van der Waals surface area (Å²) in [5.74, 6) is -0.333. The van der Waals surface area contributed by atoms with Crippen LogP contribution in [0.3, 0.4) is 0 Å². The van der Waals surface area contributed by atoms with E-state index in [9.17, 15) is 9.18 Å². The molecule has 1 N–H and O–H groups in total. The number of nitrogens with zero attached hydrogens (tertiary/aromatic N) is 1. The number of amides is 1. The molecule has 0 spiro atoms. The van der Waals surface area contributed by atoms with Gasteiger partial charge in [0.05, 0.1) is 6.54 Å². The highest BCUT2D eigenvalue weighted by molar-refractivity contribution is 7.80. The Kier molecular flexibility index (Phi) is 2.87. The van der Waals surface area contributed by atoms with E-state index in [1.54, 1.807) is 19.1 Å². The molecule has 0 saturated carbocycles. The maximum Gasteiger partial charge on any atom is 0.251 e. The molecule has 0 radical (unpaired) electrons. The van der Waals surface area contributed by atoms with E-state index in [1.165, 1.54) is 17.0 Å². The normalized spacial score (nSPS) is 20.1. The van der Waals surface area contributed by atoms with Crippen LogP contribution in [-0.4, -0.2) is 22.0 Å². The molecule has 1 atom stereocenters. The second-order valence-electron chi connectivity index (χ2n) is 3.72. The van der Waals surface area contributed by atoms with E-state index >= 15 is 0 Å². The van der Waals surface area contributed by atoms with Crippen molar-refractivity contribution in [2.45, 2.75) is 19.5 Å². The molecule has 0 aliphatic carbocycles. The van der Waals surface area contributed by atoms with Crippen molar-refractivity contribution in [3.8, 4) is 0 Å². The first-order valence-corrected chi connectivity index (χ1v) is 5.35. The summed E-state index contributed by atoms with van der Waals surface area (Å²) in [5, 5.41) is 3.31. The van der Waals surface area contributed by atoms with Crippen LogP contribution in [-0.2, 0) is 11.3 Å². The SMILES string of the molecule is CC1NC(=S)N(Cc2ccc(F)cc2)C1=O. The van der Waals surface area contributed by atoms with Crippen LogP contribution in [0.4, 0.5) is 4.39 Å². The van der Waals surface area contributed by atoms with Crippen LogP contribution in [0.5, 0.6) is 0 Å². The van der Waals surface area contributed by atoms with Crippen molar-refractivity contribution in [1.29, 1.82) is 0 Å². The average Bonchev–Trinajstić information content (AvgIpc) is 2.48. The molecule has 1 heterocycles. The maximum absolute atomic E-state index is 12.7. The van der Waals surface area contributed by atoms with Crippen molar-refractivity contribution < 1.29 is 9.18 Å². The lowest BCUT2D eigenvalue weighted by Crippen LogP contribution is -2.30. The van der Waals surface area contributed by atoms with Crippen LogP contribution in [0.2, 0.25) is 0 Å². The van der Waals surface area contributed by atoms with Crippen LogP contribution >= 0.6 is 12.2 Å². The molecule has 1 fully saturated rings. The summed E-state index contributed by atoms with van der Waals surface area (Å²) in [6, 6.07) is 5.77. The van der Waals surface area contributed by atoms with Gasteiger partial charge in [-0.05, 0) is 36.8 Å². The first kappa shape index (κ1) is 11.0. The number of thiocarbonyl (C=S) groups is 1. The van der Waals surface area contributed by atoms with Gasteiger partial charge in [-0.25, -0.2) is 4.39 Å². The van der Waals surface area contributed by atoms with Gasteiger partial charge in [0, 0.05) is 0 Å². The quantitative estimate of drug-likeness (QED) is 0.791. The monoisotopic (exact) mass is 238 g/mol. The van der Waals surface area contributed by atoms with Gasteiger partial charge in [0.1, 0.15) is 11.9 Å². The van der Waals surface area contributed by atoms with Crippen LogP contribution in [0.15, 0.2) is 24.3 Å². The molecule has 1 amide bonds. The fourth-order valence-electron chi connectivity index (χ4n) is 1.58. The molecule has 1 unspecified atom stereocenters. The second kappa shape index (κ2) is 4.17. The van der Waals surface area contributed by atoms with Crippen molar-refractivity contribution in [3.05, 3.63) is 35.6 Å². The third-order valence-corrected chi connectivity index (χ3v) is 2.81. The van der Waals surface area contributed by atoms with Crippen LogP contribution in [0.1, 0.15) is 12.5 Å². The zero-order valence-corrected chi connectivity index (χ0v) is 9.55. The lowest BCUT2D eigenvalue weighted by atomic mass is 10.2. The van der Waals surface area contributed by atoms with Crippen molar-refractivity contribution >= 4 is 23.2 Å². The summed E-state index contributed by atoms with van der Waals surface area (Å²) in [6.07, 6.45) is 0. The smallest absolute Gasteiger partial charge is 0.251 e. The molecule has 16 heavy (non-hydrogen) atoms. The van der Waals surface area contributed by atoms with Crippen molar-refractivity contribution in [2.24, 2.45) is 0 Å². The zero-order chi connectivity index (χ0) is 11.7. The van der Waals surface area contributed by atoms with E-state index in [0.717, 1.165) is 5.56 Å². The number of carbonyl (C=O) groups is 1. The molecule has 0 aromatic heterocycles. The number of hydrogen-bond donors (Lipinski definition) is 1. The predicted molar refractivity (Wildman–Crippen MR) is 62.1 cm³/mol. The third-order valence-electron chi connectivity index (χ3n) is 2.48. The minimum absolute atomic E-state index is 0.0469. The minimum Gasteiger partial charge on any atom is -0.351 e. The number of rotatable bonds is 2. The second-order valence-corrected chi connectivity index (χ2v) is 4.11. The summed E-state index contributed by atoms with van der Waals surface area (Å²) in [4.78, 5) is 13.2. The van der Waals surface area contributed by atoms with Gasteiger partial charge >= 0.3 is 0 Å². The van der Waals surface area contributed by atoms with E-state index in [-0.39, 0.29) is 17.8 Å². The molecule has 1 aromatic rings. The molecule has 1 aromatic carbocycles. The average molecular weight is 238 g/mol. The van der Waals surface area contributed by atoms with Crippen molar-refractivity contribution in [1.82, 2.24) is 10.2 Å². The third kappa shape index (κ3) is 2.04. The fourth-order valence-corrected chi connectivity index (χ4v) is 1.91. The van der Waals surface area contributed by atoms with Crippen LogP contribution in [0, 0.1) is 5.82 Å². The molecular weight excluding hydrogens is 227 g/mol. The zero-order valence-electron chi connectivity index (χ0n) is 8.74. The highest BCUT2D eigenvalue weighted by atomic mass is 32.1. The van der Waals surface area contributed by atoms with Gasteiger partial charge < -0.3 is 5.32 Å². The molecular formula is C11H11FN2OS. The summed E-state index contributed by atoms with van der Waals surface area (Å²) in [7, 11) is 0. The molecule has 0 bridgehead atoms. The van der Waals surface area contributed by atoms with E-state index in [4.69, 9.17) is 12.2 Å². The Bertz CT molecular complexity index is 432. The Labute approximate surface area is 98.2 Å². The number of nitrogens with one attached hydrogen (secondary N) is 1. The summed E-state index contributed by atoms with van der Waals surface area (Å²) in [5.41, 5.74) is 0.855. The number of halogens is 1. The first-order valence-electron chi connectivity index (χ1n) is 4.94.